The number of rotatable bonds is 3. The predicted molar refractivity (Wildman–Crippen MR) is 103 cm³/mol. The lowest BCUT2D eigenvalue weighted by Gasteiger charge is -2.05. The SMILES string of the molecule is [C-]#[N+]C(CC)=C1Sc2c(F)c3c(c(F)c2S1)SC(=C(C#N)C(=O)OCC)S3. The number of hydrogen-bond donors (Lipinski definition) is 0. The minimum atomic E-state index is -0.810. The van der Waals surface area contributed by atoms with E-state index in [4.69, 9.17) is 11.3 Å². The van der Waals surface area contributed by atoms with Gasteiger partial charge in [0.15, 0.2) is 22.9 Å². The first-order chi connectivity index (χ1) is 13.0. The van der Waals surface area contributed by atoms with Crippen LogP contribution < -0.4 is 0 Å². The zero-order valence-electron chi connectivity index (χ0n) is 14.0. The standard InChI is InChI=1S/C17H10F2N2O2S4/c1-4-8(21-3)17-26-13-9(18)11-12(10(19)14(13)27-17)25-16(24-11)7(6-20)15(22)23-5-2/h4-5H2,1-2H3. The second-order valence-electron chi connectivity index (χ2n) is 5.05. The summed E-state index contributed by atoms with van der Waals surface area (Å²) in [6.07, 6.45) is 0.483. The lowest BCUT2D eigenvalue weighted by molar-refractivity contribution is -0.138. The van der Waals surface area contributed by atoms with E-state index in [1.165, 1.54) is 0 Å². The lowest BCUT2D eigenvalue weighted by Crippen LogP contribution is -2.07. The number of carbonyl (C=O) groups excluding carboxylic acids is 1. The van der Waals surface area contributed by atoms with E-state index in [0.717, 1.165) is 47.0 Å². The van der Waals surface area contributed by atoms with Crippen LogP contribution in [0.2, 0.25) is 0 Å². The molecule has 1 aromatic rings. The van der Waals surface area contributed by atoms with Crippen molar-refractivity contribution in [3.05, 3.63) is 42.8 Å². The van der Waals surface area contributed by atoms with Gasteiger partial charge in [-0.1, -0.05) is 54.0 Å². The van der Waals surface area contributed by atoms with Crippen LogP contribution in [0, 0.1) is 29.5 Å². The van der Waals surface area contributed by atoms with Gasteiger partial charge in [0, 0.05) is 0 Å². The van der Waals surface area contributed by atoms with Crippen molar-refractivity contribution in [2.45, 2.75) is 39.9 Å². The summed E-state index contributed by atoms with van der Waals surface area (Å²) in [6.45, 7) is 10.7. The molecule has 4 nitrogen and oxygen atoms in total. The third kappa shape index (κ3) is 3.47. The molecule has 0 saturated carbocycles. The third-order valence-corrected chi connectivity index (χ3v) is 8.72. The van der Waals surface area contributed by atoms with Crippen molar-refractivity contribution >= 4 is 53.0 Å². The van der Waals surface area contributed by atoms with Crippen molar-refractivity contribution in [3.8, 4) is 6.07 Å². The first-order valence-electron chi connectivity index (χ1n) is 7.65. The molecule has 0 aromatic heterocycles. The number of thioether (sulfide) groups is 4. The van der Waals surface area contributed by atoms with Crippen LogP contribution in [-0.4, -0.2) is 12.6 Å². The Bertz CT molecular complexity index is 961. The monoisotopic (exact) mass is 440 g/mol. The number of nitrogens with zero attached hydrogens (tertiary/aromatic N) is 2. The third-order valence-electron chi connectivity index (χ3n) is 3.49. The molecule has 0 aliphatic carbocycles. The molecule has 0 fully saturated rings. The normalized spacial score (nSPS) is 14.3. The molecule has 0 saturated heterocycles. The second-order valence-corrected chi connectivity index (χ2v) is 9.65. The maximum absolute atomic E-state index is 15.0. The van der Waals surface area contributed by atoms with E-state index in [9.17, 15) is 10.1 Å². The number of hydrogen-bond acceptors (Lipinski definition) is 7. The molecule has 2 heterocycles. The maximum Gasteiger partial charge on any atom is 0.350 e. The summed E-state index contributed by atoms with van der Waals surface area (Å²) in [5.41, 5.74) is 0.208. The average Bonchev–Trinajstić information content (AvgIpc) is 3.27. The molecule has 10 heteroatoms. The summed E-state index contributed by atoms with van der Waals surface area (Å²) in [6, 6.07) is 1.76. The molecule has 138 valence electrons. The molecular weight excluding hydrogens is 430 g/mol. The average molecular weight is 441 g/mol. The zero-order chi connectivity index (χ0) is 19.7. The Hall–Kier alpha value is -1.59. The second kappa shape index (κ2) is 8.19. The van der Waals surface area contributed by atoms with Crippen LogP contribution in [-0.2, 0) is 9.53 Å². The molecule has 2 aliphatic rings. The van der Waals surface area contributed by atoms with Gasteiger partial charge in [0.1, 0.15) is 6.07 Å². The van der Waals surface area contributed by atoms with Gasteiger partial charge in [0.05, 0.1) is 41.2 Å². The van der Waals surface area contributed by atoms with Crippen LogP contribution in [0.5, 0.6) is 0 Å². The molecule has 0 N–H and O–H groups in total. The van der Waals surface area contributed by atoms with Crippen molar-refractivity contribution in [1.82, 2.24) is 0 Å². The molecule has 0 radical (unpaired) electrons. The maximum atomic E-state index is 15.0. The fourth-order valence-electron chi connectivity index (χ4n) is 2.25. The lowest BCUT2D eigenvalue weighted by atomic mass is 10.3. The Kier molecular flexibility index (Phi) is 6.11. The molecule has 27 heavy (non-hydrogen) atoms. The van der Waals surface area contributed by atoms with E-state index in [1.807, 2.05) is 6.92 Å². The summed E-state index contributed by atoms with van der Waals surface area (Å²) in [5, 5.41) is 9.25. The summed E-state index contributed by atoms with van der Waals surface area (Å²) in [4.78, 5) is 15.7. The van der Waals surface area contributed by atoms with Crippen molar-refractivity contribution in [3.63, 3.8) is 0 Å². The number of nitriles is 1. The van der Waals surface area contributed by atoms with Gasteiger partial charge in [-0.05, 0) is 13.3 Å². The number of esters is 1. The molecule has 0 bridgehead atoms. The highest BCUT2D eigenvalue weighted by molar-refractivity contribution is 8.25. The van der Waals surface area contributed by atoms with Crippen LogP contribution >= 0.6 is 47.0 Å². The summed E-state index contributed by atoms with van der Waals surface area (Å²) in [5.74, 6) is -2.00. The Labute approximate surface area is 171 Å². The number of fused-ring (bicyclic) bond motifs is 2. The number of halogens is 2. The topological polar surface area (TPSA) is 54.5 Å². The molecule has 2 aliphatic heterocycles. The fourth-order valence-corrected chi connectivity index (χ4v) is 7.53. The number of carbonyl (C=O) groups is 1. The van der Waals surface area contributed by atoms with E-state index < -0.39 is 17.6 Å². The Morgan fingerprint density at radius 2 is 1.56 bits per heavy atom. The van der Waals surface area contributed by atoms with Crippen LogP contribution in [0.25, 0.3) is 4.85 Å². The van der Waals surface area contributed by atoms with Gasteiger partial charge < -0.3 is 4.74 Å². The Morgan fingerprint density at radius 1 is 1.07 bits per heavy atom. The number of benzene rings is 1. The summed E-state index contributed by atoms with van der Waals surface area (Å²) in [7, 11) is 0. The summed E-state index contributed by atoms with van der Waals surface area (Å²) >= 11 is 3.81. The van der Waals surface area contributed by atoms with Crippen molar-refractivity contribution in [2.24, 2.45) is 0 Å². The molecular formula is C17H10F2N2O2S4. The van der Waals surface area contributed by atoms with Gasteiger partial charge in [0.2, 0.25) is 0 Å². The predicted octanol–water partition coefficient (Wildman–Crippen LogP) is 6.16. The van der Waals surface area contributed by atoms with E-state index in [2.05, 4.69) is 4.85 Å². The molecule has 0 spiro atoms. The molecule has 0 atom stereocenters. The first-order valence-corrected chi connectivity index (χ1v) is 10.9. The highest BCUT2D eigenvalue weighted by atomic mass is 32.2. The van der Waals surface area contributed by atoms with Gasteiger partial charge in [-0.25, -0.2) is 18.4 Å². The minimum absolute atomic E-state index is 0.0542. The molecule has 3 rings (SSSR count). The molecule has 0 amide bonds. The summed E-state index contributed by atoms with van der Waals surface area (Å²) < 4.78 is 35.7. The Morgan fingerprint density at radius 3 is 1.93 bits per heavy atom. The smallest absolute Gasteiger partial charge is 0.350 e. The van der Waals surface area contributed by atoms with Crippen molar-refractivity contribution in [1.29, 1.82) is 5.26 Å². The molecule has 1 aromatic carbocycles. The molecule has 0 unspecified atom stereocenters. The number of ether oxygens (including phenoxy) is 1. The largest absolute Gasteiger partial charge is 0.462 e. The highest BCUT2D eigenvalue weighted by Crippen LogP contribution is 2.62. The highest BCUT2D eigenvalue weighted by Gasteiger charge is 2.37. The van der Waals surface area contributed by atoms with Crippen molar-refractivity contribution < 1.29 is 18.3 Å². The quantitative estimate of drug-likeness (QED) is 0.242. The van der Waals surface area contributed by atoms with Gasteiger partial charge in [0.25, 0.3) is 0 Å². The zero-order valence-corrected chi connectivity index (χ0v) is 17.3. The van der Waals surface area contributed by atoms with E-state index in [-0.39, 0.29) is 36.0 Å². The van der Waals surface area contributed by atoms with Gasteiger partial charge in [-0.3, -0.25) is 0 Å². The van der Waals surface area contributed by atoms with Gasteiger partial charge >= 0.3 is 5.97 Å². The van der Waals surface area contributed by atoms with Crippen LogP contribution in [0.15, 0.2) is 39.3 Å². The van der Waals surface area contributed by atoms with E-state index >= 15 is 8.78 Å². The van der Waals surface area contributed by atoms with Gasteiger partial charge in [-0.2, -0.15) is 5.26 Å². The van der Waals surface area contributed by atoms with Crippen LogP contribution in [0.4, 0.5) is 8.78 Å². The number of allylic oxidation sites excluding steroid dienone is 1. The van der Waals surface area contributed by atoms with E-state index in [1.54, 1.807) is 13.0 Å². The van der Waals surface area contributed by atoms with Crippen LogP contribution in [0.3, 0.4) is 0 Å². The van der Waals surface area contributed by atoms with Crippen molar-refractivity contribution in [2.75, 3.05) is 6.61 Å². The Balaban J connectivity index is 2.06. The minimum Gasteiger partial charge on any atom is -0.462 e. The first kappa shape index (κ1) is 20.2. The van der Waals surface area contributed by atoms with E-state index in [0.29, 0.717) is 16.4 Å². The van der Waals surface area contributed by atoms with Gasteiger partial charge in [-0.15, -0.1) is 0 Å². The van der Waals surface area contributed by atoms with Crippen LogP contribution in [0.1, 0.15) is 20.3 Å². The fraction of sp³-hybridized carbons (Fsp3) is 0.235.